The Hall–Kier alpha value is -4.11. The summed E-state index contributed by atoms with van der Waals surface area (Å²) in [5.41, 5.74) is 1.85. The van der Waals surface area contributed by atoms with E-state index in [-0.39, 0.29) is 28.8 Å². The molecule has 3 heterocycles. The number of aromatic carboxylic acids is 1. The van der Waals surface area contributed by atoms with E-state index in [1.54, 1.807) is 53.0 Å². The van der Waals surface area contributed by atoms with Crippen LogP contribution in [0.25, 0.3) is 0 Å². The molecule has 0 aliphatic carbocycles. The zero-order valence-corrected chi connectivity index (χ0v) is 18.1. The molecule has 4 rings (SSSR count). The Morgan fingerprint density at radius 2 is 1.82 bits per heavy atom. The molecule has 0 aliphatic heterocycles. The highest BCUT2D eigenvalue weighted by Crippen LogP contribution is 2.26. The van der Waals surface area contributed by atoms with Gasteiger partial charge in [0.25, 0.3) is 5.91 Å². The number of pyridine rings is 2. The standard InChI is InChI=1S/C24H19FN4O3S/c25-18-7-5-16(6-8-18)14-29(15-17-3-1-9-26-12-17)22-20(24(31)32)11-19(13-27-22)28-23(30)21-4-2-10-33-21/h1-13H,14-15H2,(H,28,30)(H,31,32). The Kier molecular flexibility index (Phi) is 6.70. The van der Waals surface area contributed by atoms with Crippen LogP contribution in [0.1, 0.15) is 31.2 Å². The fraction of sp³-hybridized carbons (Fsp3) is 0.0833. The minimum Gasteiger partial charge on any atom is -0.478 e. The number of hydrogen-bond donors (Lipinski definition) is 2. The molecule has 4 aromatic rings. The SMILES string of the molecule is O=C(Nc1cnc(N(Cc2ccc(F)cc2)Cc2cccnc2)c(C(=O)O)c1)c1cccs1. The molecule has 1 amide bonds. The molecule has 166 valence electrons. The lowest BCUT2D eigenvalue weighted by Crippen LogP contribution is -2.26. The van der Waals surface area contributed by atoms with Gasteiger partial charge in [-0.25, -0.2) is 14.2 Å². The van der Waals surface area contributed by atoms with E-state index in [0.717, 1.165) is 11.1 Å². The number of carboxylic acids is 1. The van der Waals surface area contributed by atoms with E-state index >= 15 is 0 Å². The van der Waals surface area contributed by atoms with Crippen LogP contribution in [0.5, 0.6) is 0 Å². The fourth-order valence-corrected chi connectivity index (χ4v) is 3.88. The van der Waals surface area contributed by atoms with Gasteiger partial charge in [0.1, 0.15) is 17.2 Å². The van der Waals surface area contributed by atoms with Crippen molar-refractivity contribution in [1.29, 1.82) is 0 Å². The molecule has 0 bridgehead atoms. The van der Waals surface area contributed by atoms with Gasteiger partial charge in [0.05, 0.1) is 16.8 Å². The quantitative estimate of drug-likeness (QED) is 0.389. The molecule has 0 unspecified atom stereocenters. The van der Waals surface area contributed by atoms with Crippen LogP contribution in [-0.4, -0.2) is 27.0 Å². The predicted molar refractivity (Wildman–Crippen MR) is 124 cm³/mol. The van der Waals surface area contributed by atoms with Gasteiger partial charge in [-0.3, -0.25) is 9.78 Å². The van der Waals surface area contributed by atoms with Gasteiger partial charge < -0.3 is 15.3 Å². The second-order valence-electron chi connectivity index (χ2n) is 7.18. The molecule has 33 heavy (non-hydrogen) atoms. The van der Waals surface area contributed by atoms with Gasteiger partial charge in [0.15, 0.2) is 0 Å². The van der Waals surface area contributed by atoms with Crippen LogP contribution in [0.15, 0.2) is 78.6 Å². The van der Waals surface area contributed by atoms with Crippen LogP contribution in [0, 0.1) is 5.82 Å². The maximum Gasteiger partial charge on any atom is 0.339 e. The maximum absolute atomic E-state index is 13.4. The monoisotopic (exact) mass is 462 g/mol. The summed E-state index contributed by atoms with van der Waals surface area (Å²) in [7, 11) is 0. The van der Waals surface area contributed by atoms with Crippen molar-refractivity contribution in [2.24, 2.45) is 0 Å². The predicted octanol–water partition coefficient (Wildman–Crippen LogP) is 4.83. The highest BCUT2D eigenvalue weighted by atomic mass is 32.1. The van der Waals surface area contributed by atoms with Crippen LogP contribution < -0.4 is 10.2 Å². The second-order valence-corrected chi connectivity index (χ2v) is 8.12. The topological polar surface area (TPSA) is 95.4 Å². The second kappa shape index (κ2) is 10.0. The van der Waals surface area contributed by atoms with Gasteiger partial charge in [0.2, 0.25) is 0 Å². The van der Waals surface area contributed by atoms with Gasteiger partial charge in [0, 0.05) is 25.5 Å². The van der Waals surface area contributed by atoms with Crippen molar-refractivity contribution in [1.82, 2.24) is 9.97 Å². The third-order valence-corrected chi connectivity index (χ3v) is 5.65. The lowest BCUT2D eigenvalue weighted by atomic mass is 10.1. The molecule has 2 N–H and O–H groups in total. The summed E-state index contributed by atoms with van der Waals surface area (Å²) >= 11 is 1.28. The van der Waals surface area contributed by atoms with Gasteiger partial charge in [-0.1, -0.05) is 24.3 Å². The normalized spacial score (nSPS) is 10.6. The highest BCUT2D eigenvalue weighted by Gasteiger charge is 2.20. The molecule has 1 aromatic carbocycles. The first kappa shape index (κ1) is 22.1. The number of thiophene rings is 1. The van der Waals surface area contributed by atoms with Crippen molar-refractivity contribution in [3.05, 3.63) is 106 Å². The number of benzene rings is 1. The molecule has 0 atom stereocenters. The van der Waals surface area contributed by atoms with E-state index in [2.05, 4.69) is 15.3 Å². The summed E-state index contributed by atoms with van der Waals surface area (Å²) in [5.74, 6) is -1.65. The van der Waals surface area contributed by atoms with E-state index < -0.39 is 5.97 Å². The van der Waals surface area contributed by atoms with Crippen molar-refractivity contribution in [3.63, 3.8) is 0 Å². The molecular formula is C24H19FN4O3S. The smallest absolute Gasteiger partial charge is 0.339 e. The molecule has 0 aliphatic rings. The van der Waals surface area contributed by atoms with E-state index in [0.29, 0.717) is 18.0 Å². The minimum atomic E-state index is -1.18. The number of hydrogen-bond acceptors (Lipinski definition) is 6. The van der Waals surface area contributed by atoms with Crippen LogP contribution in [0.2, 0.25) is 0 Å². The van der Waals surface area contributed by atoms with Gasteiger partial charge >= 0.3 is 5.97 Å². The Morgan fingerprint density at radius 1 is 1.03 bits per heavy atom. The largest absolute Gasteiger partial charge is 0.478 e. The molecule has 0 fully saturated rings. The summed E-state index contributed by atoms with van der Waals surface area (Å²) in [5, 5.41) is 14.4. The van der Waals surface area contributed by atoms with Gasteiger partial charge in [-0.2, -0.15) is 0 Å². The van der Waals surface area contributed by atoms with Gasteiger partial charge in [-0.05, 0) is 46.8 Å². The Bertz CT molecular complexity index is 1250. The third-order valence-electron chi connectivity index (χ3n) is 4.78. The first-order chi connectivity index (χ1) is 16.0. The van der Waals surface area contributed by atoms with Crippen molar-refractivity contribution in [3.8, 4) is 0 Å². The average molecular weight is 463 g/mol. The molecule has 0 radical (unpaired) electrons. The Balaban J connectivity index is 1.67. The van der Waals surface area contributed by atoms with Crippen LogP contribution in [0.3, 0.4) is 0 Å². The molecule has 0 saturated carbocycles. The van der Waals surface area contributed by atoms with Gasteiger partial charge in [-0.15, -0.1) is 11.3 Å². The van der Waals surface area contributed by atoms with Crippen molar-refractivity contribution < 1.29 is 19.1 Å². The summed E-state index contributed by atoms with van der Waals surface area (Å²) in [6.45, 7) is 0.628. The van der Waals surface area contributed by atoms with E-state index in [1.807, 2.05) is 6.07 Å². The van der Waals surface area contributed by atoms with Crippen LogP contribution >= 0.6 is 11.3 Å². The average Bonchev–Trinajstić information content (AvgIpc) is 3.36. The maximum atomic E-state index is 13.4. The number of carboxylic acid groups (broad SMARTS) is 1. The van der Waals surface area contributed by atoms with E-state index in [4.69, 9.17) is 0 Å². The number of rotatable bonds is 8. The van der Waals surface area contributed by atoms with Crippen LogP contribution in [-0.2, 0) is 13.1 Å². The third kappa shape index (κ3) is 5.58. The van der Waals surface area contributed by atoms with Crippen molar-refractivity contribution in [2.75, 3.05) is 10.2 Å². The zero-order valence-electron chi connectivity index (χ0n) is 17.3. The minimum absolute atomic E-state index is 0.0648. The fourth-order valence-electron chi connectivity index (χ4n) is 3.26. The summed E-state index contributed by atoms with van der Waals surface area (Å²) in [4.78, 5) is 35.2. The number of nitrogens with zero attached hydrogens (tertiary/aromatic N) is 3. The Labute approximate surface area is 193 Å². The number of amides is 1. The first-order valence-corrected chi connectivity index (χ1v) is 10.8. The van der Waals surface area contributed by atoms with Crippen molar-refractivity contribution >= 4 is 34.7 Å². The molecule has 7 nitrogen and oxygen atoms in total. The zero-order chi connectivity index (χ0) is 23.2. The highest BCUT2D eigenvalue weighted by molar-refractivity contribution is 7.12. The van der Waals surface area contributed by atoms with E-state index in [1.165, 1.54) is 35.7 Å². The molecule has 3 aromatic heterocycles. The number of aromatic nitrogens is 2. The van der Waals surface area contributed by atoms with Crippen LogP contribution in [0.4, 0.5) is 15.9 Å². The first-order valence-electron chi connectivity index (χ1n) is 9.96. The molecular weight excluding hydrogens is 443 g/mol. The number of anilines is 2. The molecule has 9 heteroatoms. The lowest BCUT2D eigenvalue weighted by Gasteiger charge is -2.25. The lowest BCUT2D eigenvalue weighted by molar-refractivity contribution is 0.0696. The number of carbonyl (C=O) groups is 2. The van der Waals surface area contributed by atoms with E-state index in [9.17, 15) is 19.1 Å². The van der Waals surface area contributed by atoms with Crippen molar-refractivity contribution in [2.45, 2.75) is 13.1 Å². The number of halogens is 1. The Morgan fingerprint density at radius 3 is 2.48 bits per heavy atom. The summed E-state index contributed by atoms with van der Waals surface area (Å²) in [6, 6.07) is 14.5. The number of nitrogens with one attached hydrogen (secondary N) is 1. The summed E-state index contributed by atoms with van der Waals surface area (Å²) in [6.07, 6.45) is 4.77. The molecule has 0 saturated heterocycles. The molecule has 0 spiro atoms. The number of carbonyl (C=O) groups excluding carboxylic acids is 1. The summed E-state index contributed by atoms with van der Waals surface area (Å²) < 4.78 is 13.4.